The Morgan fingerprint density at radius 1 is 1.31 bits per heavy atom. The summed E-state index contributed by atoms with van der Waals surface area (Å²) in [4.78, 5) is 0. The first kappa shape index (κ1) is 10.6. The summed E-state index contributed by atoms with van der Waals surface area (Å²) in [5.74, 6) is 0.339. The highest BCUT2D eigenvalue weighted by molar-refractivity contribution is 6.04. The maximum Gasteiger partial charge on any atom is 0.165 e. The number of amidine groups is 1. The molecule has 0 radical (unpaired) electrons. The second-order valence-electron chi connectivity index (χ2n) is 3.49. The average Bonchev–Trinajstić information content (AvgIpc) is 2.30. The van der Waals surface area contributed by atoms with Crippen molar-refractivity contribution in [1.29, 1.82) is 0 Å². The van der Waals surface area contributed by atoms with E-state index in [4.69, 9.17) is 10.5 Å². The molecule has 1 aromatic rings. The average molecular weight is 221 g/mol. The molecule has 0 aliphatic carbocycles. The van der Waals surface area contributed by atoms with Crippen molar-refractivity contribution in [3.05, 3.63) is 29.6 Å². The second-order valence-corrected chi connectivity index (χ2v) is 3.49. The first-order valence-electron chi connectivity index (χ1n) is 4.93. The van der Waals surface area contributed by atoms with Gasteiger partial charge in [0.05, 0.1) is 12.8 Å². The van der Waals surface area contributed by atoms with Crippen LogP contribution in [-0.4, -0.2) is 18.7 Å². The zero-order chi connectivity index (χ0) is 11.5. The topological polar surface area (TPSA) is 60.0 Å². The van der Waals surface area contributed by atoms with Gasteiger partial charge in [0.25, 0.3) is 0 Å². The lowest BCUT2D eigenvalue weighted by Crippen LogP contribution is -2.17. The molecule has 2 rings (SSSR count). The first-order chi connectivity index (χ1) is 7.70. The van der Waals surface area contributed by atoms with Gasteiger partial charge in [-0.2, -0.15) is 5.10 Å². The number of benzene rings is 1. The van der Waals surface area contributed by atoms with Gasteiger partial charge in [-0.1, -0.05) is 0 Å². The van der Waals surface area contributed by atoms with Crippen molar-refractivity contribution in [2.75, 3.05) is 7.11 Å². The summed E-state index contributed by atoms with van der Waals surface area (Å²) in [5.41, 5.74) is 6.96. The van der Waals surface area contributed by atoms with Crippen molar-refractivity contribution in [2.45, 2.75) is 12.8 Å². The van der Waals surface area contributed by atoms with Gasteiger partial charge in [-0.25, -0.2) is 4.39 Å². The molecule has 0 amide bonds. The van der Waals surface area contributed by atoms with Crippen LogP contribution in [0.2, 0.25) is 0 Å². The van der Waals surface area contributed by atoms with E-state index in [1.807, 2.05) is 0 Å². The molecule has 0 saturated carbocycles. The molecule has 1 aliphatic heterocycles. The molecule has 0 unspecified atom stereocenters. The Bertz CT molecular complexity index is 468. The van der Waals surface area contributed by atoms with Crippen molar-refractivity contribution in [3.8, 4) is 5.75 Å². The van der Waals surface area contributed by atoms with Crippen LogP contribution >= 0.6 is 0 Å². The van der Waals surface area contributed by atoms with Gasteiger partial charge in [-0.15, -0.1) is 5.10 Å². The SMILES string of the molecule is COc1ccc(C2=NN=C(N)CC2)cc1F. The Kier molecular flexibility index (Phi) is 2.85. The van der Waals surface area contributed by atoms with Crippen LogP contribution in [0.3, 0.4) is 0 Å². The van der Waals surface area contributed by atoms with Crippen LogP contribution in [0, 0.1) is 5.82 Å². The molecule has 1 aliphatic rings. The molecule has 2 N–H and O–H groups in total. The zero-order valence-corrected chi connectivity index (χ0v) is 8.90. The smallest absolute Gasteiger partial charge is 0.165 e. The number of nitrogens with two attached hydrogens (primary N) is 1. The Morgan fingerprint density at radius 2 is 2.12 bits per heavy atom. The number of methoxy groups -OCH3 is 1. The van der Waals surface area contributed by atoms with Crippen molar-refractivity contribution in [1.82, 2.24) is 0 Å². The fourth-order valence-electron chi connectivity index (χ4n) is 1.52. The van der Waals surface area contributed by atoms with Crippen LogP contribution < -0.4 is 10.5 Å². The number of hydrogen-bond acceptors (Lipinski definition) is 4. The summed E-state index contributed by atoms with van der Waals surface area (Å²) in [6.07, 6.45) is 1.34. The standard InChI is InChI=1S/C11H12FN3O/c1-16-10-4-2-7(6-8(10)12)9-3-5-11(13)15-14-9/h2,4,6H,3,5H2,1H3,(H2,13,15). The molecule has 0 bridgehead atoms. The van der Waals surface area contributed by atoms with Crippen LogP contribution in [0.5, 0.6) is 5.75 Å². The Morgan fingerprint density at radius 3 is 2.69 bits per heavy atom. The van der Waals surface area contributed by atoms with E-state index < -0.39 is 5.82 Å². The molecule has 0 atom stereocenters. The fraction of sp³-hybridized carbons (Fsp3) is 0.273. The van der Waals surface area contributed by atoms with Gasteiger partial charge in [-0.3, -0.25) is 0 Å². The predicted molar refractivity (Wildman–Crippen MR) is 60.3 cm³/mol. The third-order valence-electron chi connectivity index (χ3n) is 2.40. The minimum absolute atomic E-state index is 0.225. The highest BCUT2D eigenvalue weighted by atomic mass is 19.1. The molecule has 0 fully saturated rings. The number of halogens is 1. The second kappa shape index (κ2) is 4.30. The molecule has 0 saturated heterocycles. The van der Waals surface area contributed by atoms with Crippen LogP contribution in [0.15, 0.2) is 28.4 Å². The number of nitrogens with zero attached hydrogens (tertiary/aromatic N) is 2. The Balaban J connectivity index is 2.32. The van der Waals surface area contributed by atoms with E-state index in [1.54, 1.807) is 12.1 Å². The van der Waals surface area contributed by atoms with Crippen molar-refractivity contribution in [3.63, 3.8) is 0 Å². The first-order valence-corrected chi connectivity index (χ1v) is 4.93. The van der Waals surface area contributed by atoms with Crippen LogP contribution in [0.4, 0.5) is 4.39 Å². The van der Waals surface area contributed by atoms with Gasteiger partial charge >= 0.3 is 0 Å². The van der Waals surface area contributed by atoms with Crippen molar-refractivity contribution in [2.24, 2.45) is 15.9 Å². The van der Waals surface area contributed by atoms with Gasteiger partial charge in [0.2, 0.25) is 0 Å². The van der Waals surface area contributed by atoms with E-state index in [0.717, 1.165) is 11.3 Å². The van der Waals surface area contributed by atoms with Gasteiger partial charge in [0.15, 0.2) is 11.6 Å². The quantitative estimate of drug-likeness (QED) is 0.826. The van der Waals surface area contributed by atoms with E-state index in [1.165, 1.54) is 13.2 Å². The molecule has 84 valence electrons. The highest BCUT2D eigenvalue weighted by Crippen LogP contribution is 2.20. The van der Waals surface area contributed by atoms with E-state index in [0.29, 0.717) is 18.7 Å². The van der Waals surface area contributed by atoms with Crippen LogP contribution in [0.25, 0.3) is 0 Å². The van der Waals surface area contributed by atoms with E-state index in [-0.39, 0.29) is 5.75 Å². The lowest BCUT2D eigenvalue weighted by molar-refractivity contribution is 0.386. The zero-order valence-electron chi connectivity index (χ0n) is 8.90. The summed E-state index contributed by atoms with van der Waals surface area (Å²) in [7, 11) is 1.43. The normalized spacial score (nSPS) is 15.4. The number of ether oxygens (including phenoxy) is 1. The molecule has 0 aromatic heterocycles. The monoisotopic (exact) mass is 221 g/mol. The summed E-state index contributed by atoms with van der Waals surface area (Å²) < 4.78 is 18.3. The Hall–Kier alpha value is -1.91. The largest absolute Gasteiger partial charge is 0.494 e. The molecule has 1 heterocycles. The predicted octanol–water partition coefficient (Wildman–Crippen LogP) is 1.69. The third-order valence-corrected chi connectivity index (χ3v) is 2.40. The molecular formula is C11H12FN3O. The van der Waals surface area contributed by atoms with Gasteiger partial charge < -0.3 is 10.5 Å². The molecule has 4 nitrogen and oxygen atoms in total. The maximum absolute atomic E-state index is 13.4. The molecule has 0 spiro atoms. The summed E-state index contributed by atoms with van der Waals surface area (Å²) >= 11 is 0. The van der Waals surface area contributed by atoms with Crippen LogP contribution in [-0.2, 0) is 0 Å². The molecule has 1 aromatic carbocycles. The van der Waals surface area contributed by atoms with E-state index in [2.05, 4.69) is 10.2 Å². The summed E-state index contributed by atoms with van der Waals surface area (Å²) in [6.45, 7) is 0. The maximum atomic E-state index is 13.4. The highest BCUT2D eigenvalue weighted by Gasteiger charge is 2.12. The molecular weight excluding hydrogens is 209 g/mol. The summed E-state index contributed by atoms with van der Waals surface area (Å²) in [5, 5.41) is 7.74. The van der Waals surface area contributed by atoms with Gasteiger partial charge in [0, 0.05) is 12.0 Å². The van der Waals surface area contributed by atoms with E-state index >= 15 is 0 Å². The fourth-order valence-corrected chi connectivity index (χ4v) is 1.52. The third kappa shape index (κ3) is 2.03. The molecule has 5 heteroatoms. The van der Waals surface area contributed by atoms with Crippen molar-refractivity contribution < 1.29 is 9.13 Å². The minimum atomic E-state index is -0.398. The minimum Gasteiger partial charge on any atom is -0.494 e. The number of hydrogen-bond donors (Lipinski definition) is 1. The molecule has 16 heavy (non-hydrogen) atoms. The van der Waals surface area contributed by atoms with Gasteiger partial charge in [0.1, 0.15) is 5.84 Å². The van der Waals surface area contributed by atoms with Crippen LogP contribution in [0.1, 0.15) is 18.4 Å². The van der Waals surface area contributed by atoms with Crippen molar-refractivity contribution >= 4 is 11.5 Å². The van der Waals surface area contributed by atoms with Gasteiger partial charge in [-0.05, 0) is 24.6 Å². The lowest BCUT2D eigenvalue weighted by atomic mass is 10.0. The summed E-state index contributed by atoms with van der Waals surface area (Å²) in [6, 6.07) is 4.74. The Labute approximate surface area is 92.6 Å². The number of rotatable bonds is 2. The lowest BCUT2D eigenvalue weighted by Gasteiger charge is -2.10. The van der Waals surface area contributed by atoms with E-state index in [9.17, 15) is 4.39 Å².